The van der Waals surface area contributed by atoms with Crippen molar-refractivity contribution >= 4 is 27.7 Å². The van der Waals surface area contributed by atoms with Crippen molar-refractivity contribution in [3.63, 3.8) is 0 Å². The maximum absolute atomic E-state index is 13.8. The SMILES string of the molecule is CCOc1cc([C@@H]2C(C(=O)OCC(C)C)=C(C)NC3=C2C(=O)C[C@H](c2ccc(OC)cc2)C3)cc(Br)c1O. The van der Waals surface area contributed by atoms with E-state index in [4.69, 9.17) is 14.2 Å². The summed E-state index contributed by atoms with van der Waals surface area (Å²) in [5.41, 5.74) is 4.11. The standard InChI is InChI=1S/C30H34BrNO6/c1-6-37-25-14-20(11-22(31)29(25)34)27-26(30(35)38-15-16(2)3)17(4)32-23-12-19(13-24(33)28(23)27)18-7-9-21(36-5)10-8-18/h7-11,14,16,19,27,32,34H,6,12-13,15H2,1-5H3/t19-,27-/m1/s1. The van der Waals surface area contributed by atoms with Gasteiger partial charge in [0.25, 0.3) is 0 Å². The molecule has 1 heterocycles. The third-order valence-electron chi connectivity index (χ3n) is 6.87. The Morgan fingerprint density at radius 1 is 1.16 bits per heavy atom. The minimum atomic E-state index is -0.661. The van der Waals surface area contributed by atoms with Crippen LogP contribution in [0, 0.1) is 5.92 Å². The summed E-state index contributed by atoms with van der Waals surface area (Å²) in [5.74, 6) is 0.0132. The molecule has 0 saturated heterocycles. The molecule has 7 nitrogen and oxygen atoms in total. The van der Waals surface area contributed by atoms with E-state index < -0.39 is 11.9 Å². The Hall–Kier alpha value is -3.26. The number of halogens is 1. The maximum atomic E-state index is 13.8. The van der Waals surface area contributed by atoms with Crippen molar-refractivity contribution in [3.8, 4) is 17.2 Å². The first-order valence-electron chi connectivity index (χ1n) is 12.8. The normalized spacial score (nSPS) is 19.3. The monoisotopic (exact) mass is 583 g/mol. The second kappa shape index (κ2) is 11.6. The highest BCUT2D eigenvalue weighted by atomic mass is 79.9. The first-order chi connectivity index (χ1) is 18.1. The zero-order valence-electron chi connectivity index (χ0n) is 22.4. The number of hydrogen-bond donors (Lipinski definition) is 2. The summed E-state index contributed by atoms with van der Waals surface area (Å²) in [6.45, 7) is 8.23. The fourth-order valence-electron chi connectivity index (χ4n) is 5.10. The van der Waals surface area contributed by atoms with Crippen molar-refractivity contribution in [3.05, 3.63) is 74.5 Å². The van der Waals surface area contributed by atoms with Crippen LogP contribution in [0.5, 0.6) is 17.2 Å². The van der Waals surface area contributed by atoms with Crippen LogP contribution in [0.3, 0.4) is 0 Å². The van der Waals surface area contributed by atoms with E-state index in [0.29, 0.717) is 46.3 Å². The second-order valence-electron chi connectivity index (χ2n) is 10.1. The summed E-state index contributed by atoms with van der Waals surface area (Å²) >= 11 is 3.42. The van der Waals surface area contributed by atoms with E-state index in [1.807, 2.05) is 52.0 Å². The van der Waals surface area contributed by atoms with Crippen LogP contribution in [0.1, 0.15) is 63.5 Å². The summed E-state index contributed by atoms with van der Waals surface area (Å²) in [4.78, 5) is 27.3. The number of ketones is 1. The predicted molar refractivity (Wildman–Crippen MR) is 148 cm³/mol. The molecule has 0 saturated carbocycles. The van der Waals surface area contributed by atoms with Crippen LogP contribution in [-0.2, 0) is 14.3 Å². The minimum Gasteiger partial charge on any atom is -0.503 e. The van der Waals surface area contributed by atoms with E-state index >= 15 is 0 Å². The van der Waals surface area contributed by atoms with Gasteiger partial charge in [-0.15, -0.1) is 0 Å². The van der Waals surface area contributed by atoms with Crippen LogP contribution in [0.2, 0.25) is 0 Å². The molecular formula is C30H34BrNO6. The van der Waals surface area contributed by atoms with E-state index in [9.17, 15) is 14.7 Å². The molecule has 1 aliphatic heterocycles. The molecule has 2 atom stereocenters. The van der Waals surface area contributed by atoms with Gasteiger partial charge in [0.15, 0.2) is 17.3 Å². The molecule has 2 aromatic carbocycles. The first-order valence-corrected chi connectivity index (χ1v) is 13.6. The lowest BCUT2D eigenvalue weighted by atomic mass is 9.71. The van der Waals surface area contributed by atoms with Gasteiger partial charge < -0.3 is 24.6 Å². The Morgan fingerprint density at radius 2 is 1.87 bits per heavy atom. The van der Waals surface area contributed by atoms with E-state index in [-0.39, 0.29) is 35.7 Å². The number of carbonyl (C=O) groups is 2. The Bertz CT molecular complexity index is 1290. The Balaban J connectivity index is 1.81. The van der Waals surface area contributed by atoms with E-state index in [1.54, 1.807) is 19.2 Å². The van der Waals surface area contributed by atoms with Crippen molar-refractivity contribution in [1.29, 1.82) is 0 Å². The summed E-state index contributed by atoms with van der Waals surface area (Å²) in [6, 6.07) is 11.2. The first kappa shape index (κ1) is 27.8. The third kappa shape index (κ3) is 5.60. The van der Waals surface area contributed by atoms with Crippen molar-refractivity contribution < 1.29 is 28.9 Å². The van der Waals surface area contributed by atoms with Crippen molar-refractivity contribution in [1.82, 2.24) is 5.32 Å². The summed E-state index contributed by atoms with van der Waals surface area (Å²) in [7, 11) is 1.62. The number of hydrogen-bond acceptors (Lipinski definition) is 7. The smallest absolute Gasteiger partial charge is 0.336 e. The van der Waals surface area contributed by atoms with Gasteiger partial charge in [0, 0.05) is 29.3 Å². The zero-order chi connectivity index (χ0) is 27.6. The van der Waals surface area contributed by atoms with Crippen LogP contribution in [0.4, 0.5) is 0 Å². The largest absolute Gasteiger partial charge is 0.503 e. The number of esters is 1. The zero-order valence-corrected chi connectivity index (χ0v) is 24.0. The Labute approximate surface area is 232 Å². The van der Waals surface area contributed by atoms with Gasteiger partial charge in [-0.2, -0.15) is 0 Å². The van der Waals surface area contributed by atoms with Crippen LogP contribution < -0.4 is 14.8 Å². The van der Waals surface area contributed by atoms with Gasteiger partial charge in [-0.25, -0.2) is 4.79 Å². The predicted octanol–water partition coefficient (Wildman–Crippen LogP) is 6.12. The highest BCUT2D eigenvalue weighted by molar-refractivity contribution is 9.10. The van der Waals surface area contributed by atoms with Gasteiger partial charge in [0.1, 0.15) is 5.75 Å². The van der Waals surface area contributed by atoms with Crippen molar-refractivity contribution in [2.24, 2.45) is 5.92 Å². The Morgan fingerprint density at radius 3 is 2.50 bits per heavy atom. The molecule has 4 rings (SSSR count). The molecule has 2 aliphatic rings. The maximum Gasteiger partial charge on any atom is 0.336 e. The minimum absolute atomic E-state index is 0.00640. The number of nitrogens with one attached hydrogen (secondary N) is 1. The van der Waals surface area contributed by atoms with Gasteiger partial charge in [-0.05, 0) is 83.4 Å². The molecule has 0 bridgehead atoms. The number of Topliss-reactive ketones (excluding diaryl/α,β-unsaturated/α-hetero) is 1. The molecule has 0 aromatic heterocycles. The summed E-state index contributed by atoms with van der Waals surface area (Å²) in [6.07, 6.45) is 0.932. The Kier molecular flexibility index (Phi) is 8.51. The summed E-state index contributed by atoms with van der Waals surface area (Å²) < 4.78 is 17.0. The van der Waals surface area contributed by atoms with Gasteiger partial charge in [0.2, 0.25) is 0 Å². The van der Waals surface area contributed by atoms with Gasteiger partial charge >= 0.3 is 5.97 Å². The van der Waals surface area contributed by atoms with E-state index in [0.717, 1.165) is 17.0 Å². The van der Waals surface area contributed by atoms with Gasteiger partial charge in [-0.3, -0.25) is 4.79 Å². The highest BCUT2D eigenvalue weighted by Gasteiger charge is 2.42. The number of benzene rings is 2. The third-order valence-corrected chi connectivity index (χ3v) is 7.47. The fraction of sp³-hybridized carbons (Fsp3) is 0.400. The number of rotatable bonds is 8. The summed E-state index contributed by atoms with van der Waals surface area (Å²) in [5, 5.41) is 13.9. The van der Waals surface area contributed by atoms with Crippen LogP contribution in [0.15, 0.2) is 63.4 Å². The molecule has 2 N–H and O–H groups in total. The topological polar surface area (TPSA) is 94.1 Å². The van der Waals surface area contributed by atoms with E-state index in [2.05, 4.69) is 21.2 Å². The van der Waals surface area contributed by atoms with Crippen molar-refractivity contribution in [2.45, 2.75) is 52.4 Å². The number of aromatic hydroxyl groups is 1. The number of ether oxygens (including phenoxy) is 3. The average Bonchev–Trinajstić information content (AvgIpc) is 2.89. The molecule has 0 radical (unpaired) electrons. The van der Waals surface area contributed by atoms with Crippen LogP contribution in [0.25, 0.3) is 0 Å². The molecule has 202 valence electrons. The quantitative estimate of drug-likeness (QED) is 0.361. The number of dihydropyridines is 1. The lowest BCUT2D eigenvalue weighted by Gasteiger charge is -2.37. The number of methoxy groups -OCH3 is 1. The number of phenols is 1. The molecule has 0 unspecified atom stereocenters. The molecule has 0 spiro atoms. The highest BCUT2D eigenvalue weighted by Crippen LogP contribution is 2.48. The van der Waals surface area contributed by atoms with Crippen LogP contribution in [-0.4, -0.2) is 37.2 Å². The van der Waals surface area contributed by atoms with Gasteiger partial charge in [0.05, 0.1) is 30.4 Å². The molecule has 38 heavy (non-hydrogen) atoms. The number of carbonyl (C=O) groups excluding carboxylic acids is 2. The lowest BCUT2D eigenvalue weighted by Crippen LogP contribution is -2.36. The molecule has 1 aliphatic carbocycles. The number of phenolic OH excluding ortho intramolecular Hbond substituents is 1. The second-order valence-corrected chi connectivity index (χ2v) is 10.9. The molecule has 0 fully saturated rings. The number of allylic oxidation sites excluding steroid dienone is 3. The van der Waals surface area contributed by atoms with Gasteiger partial charge in [-0.1, -0.05) is 26.0 Å². The fourth-order valence-corrected chi connectivity index (χ4v) is 5.56. The molecular weight excluding hydrogens is 550 g/mol. The molecule has 0 amide bonds. The van der Waals surface area contributed by atoms with Crippen molar-refractivity contribution in [2.75, 3.05) is 20.3 Å². The van der Waals surface area contributed by atoms with E-state index in [1.165, 1.54) is 0 Å². The molecule has 2 aromatic rings. The lowest BCUT2D eigenvalue weighted by molar-refractivity contribution is -0.140. The van der Waals surface area contributed by atoms with Crippen LogP contribution >= 0.6 is 15.9 Å². The molecule has 8 heteroatoms. The average molecular weight is 585 g/mol.